The second kappa shape index (κ2) is 15.7. The Balaban J connectivity index is 0.00000172. The Bertz CT molecular complexity index is 306. The molecule has 0 spiro atoms. The lowest BCUT2D eigenvalue weighted by Crippen LogP contribution is -2.32. The molecule has 0 saturated heterocycles. The maximum Gasteiger partial charge on any atom is 0.168 e. The van der Waals surface area contributed by atoms with Crippen molar-refractivity contribution in [2.75, 3.05) is 0 Å². The average Bonchev–Trinajstić information content (AvgIpc) is 2.52. The highest BCUT2D eigenvalue weighted by Gasteiger charge is 1.97. The number of nitrogens with zero attached hydrogens (tertiary/aromatic N) is 2. The van der Waals surface area contributed by atoms with E-state index in [9.17, 15) is 0 Å². The standard InChI is InChI=1S/C17H30N.CN/c1-2-3-4-5-6-7-8-9-10-12-15-18-16-13-11-14-17-18;1-2/h11,13-14,16-17H,2-10,12,15H2,1H3;/q+1;-1. The van der Waals surface area contributed by atoms with Crippen molar-refractivity contribution < 1.29 is 4.57 Å². The zero-order chi connectivity index (χ0) is 14.9. The summed E-state index contributed by atoms with van der Waals surface area (Å²) in [6, 6.07) is 6.29. The molecule has 1 heterocycles. The number of hydrogen-bond acceptors (Lipinski definition) is 1. The molecular formula is C18H30N2. The molecule has 2 nitrogen and oxygen atoms in total. The number of pyridine rings is 1. The van der Waals surface area contributed by atoms with E-state index >= 15 is 0 Å². The third kappa shape index (κ3) is 11.7. The lowest BCUT2D eigenvalue weighted by atomic mass is 10.1. The largest absolute Gasteiger partial charge is 0.512 e. The maximum atomic E-state index is 6.25. The Morgan fingerprint density at radius 3 is 1.65 bits per heavy atom. The Morgan fingerprint density at radius 1 is 0.700 bits per heavy atom. The average molecular weight is 274 g/mol. The number of aryl methyl sites for hydroxylation is 1. The number of unbranched alkanes of at least 4 members (excludes halogenated alkanes) is 9. The van der Waals surface area contributed by atoms with Crippen LogP contribution >= 0.6 is 0 Å². The summed E-state index contributed by atoms with van der Waals surface area (Å²) in [7, 11) is 0. The summed E-state index contributed by atoms with van der Waals surface area (Å²) >= 11 is 0. The van der Waals surface area contributed by atoms with Crippen molar-refractivity contribution >= 4 is 0 Å². The molecule has 0 saturated carbocycles. The summed E-state index contributed by atoms with van der Waals surface area (Å²) in [5.74, 6) is 0. The normalized spacial score (nSPS) is 9.75. The zero-order valence-electron chi connectivity index (χ0n) is 13.1. The molecule has 20 heavy (non-hydrogen) atoms. The molecule has 112 valence electrons. The monoisotopic (exact) mass is 274 g/mol. The number of hydrogen-bond donors (Lipinski definition) is 0. The van der Waals surface area contributed by atoms with Gasteiger partial charge in [-0.05, 0) is 6.42 Å². The quantitative estimate of drug-likeness (QED) is 0.317. The van der Waals surface area contributed by atoms with Crippen LogP contribution < -0.4 is 4.57 Å². The Kier molecular flexibility index (Phi) is 14.6. The molecule has 0 aliphatic carbocycles. The van der Waals surface area contributed by atoms with Crippen molar-refractivity contribution in [3.05, 3.63) is 37.2 Å². The van der Waals surface area contributed by atoms with Gasteiger partial charge in [0.15, 0.2) is 12.4 Å². The van der Waals surface area contributed by atoms with Crippen molar-refractivity contribution in [3.63, 3.8) is 0 Å². The third-order valence-electron chi connectivity index (χ3n) is 3.55. The number of aromatic nitrogens is 1. The van der Waals surface area contributed by atoms with Crippen LogP contribution in [-0.4, -0.2) is 0 Å². The van der Waals surface area contributed by atoms with Gasteiger partial charge in [-0.1, -0.05) is 64.4 Å². The molecule has 1 aromatic rings. The summed E-state index contributed by atoms with van der Waals surface area (Å²) in [5.41, 5.74) is 0. The molecule has 0 fully saturated rings. The highest BCUT2D eigenvalue weighted by molar-refractivity contribution is 4.83. The van der Waals surface area contributed by atoms with Crippen molar-refractivity contribution in [1.29, 1.82) is 5.26 Å². The van der Waals surface area contributed by atoms with Crippen molar-refractivity contribution in [3.8, 4) is 0 Å². The smallest absolute Gasteiger partial charge is 0.168 e. The van der Waals surface area contributed by atoms with Crippen LogP contribution in [0.25, 0.3) is 0 Å². The van der Waals surface area contributed by atoms with Gasteiger partial charge in [0.2, 0.25) is 0 Å². The van der Waals surface area contributed by atoms with Crippen LogP contribution in [0.3, 0.4) is 0 Å². The van der Waals surface area contributed by atoms with Gasteiger partial charge in [-0.3, -0.25) is 0 Å². The highest BCUT2D eigenvalue weighted by atomic mass is 14.9. The van der Waals surface area contributed by atoms with Gasteiger partial charge in [-0.2, -0.15) is 0 Å². The van der Waals surface area contributed by atoms with Gasteiger partial charge in [-0.25, -0.2) is 4.57 Å². The third-order valence-corrected chi connectivity index (χ3v) is 3.55. The molecule has 0 unspecified atom stereocenters. The van der Waals surface area contributed by atoms with Gasteiger partial charge < -0.3 is 11.8 Å². The van der Waals surface area contributed by atoms with Gasteiger partial charge in [-0.15, -0.1) is 0 Å². The molecule has 0 atom stereocenters. The van der Waals surface area contributed by atoms with E-state index in [1.165, 1.54) is 70.8 Å². The summed E-state index contributed by atoms with van der Waals surface area (Å²) in [6.45, 7) is 8.21. The number of rotatable bonds is 11. The van der Waals surface area contributed by atoms with Gasteiger partial charge in [0.25, 0.3) is 0 Å². The van der Waals surface area contributed by atoms with Gasteiger partial charge in [0.05, 0.1) is 0 Å². The summed E-state index contributed by atoms with van der Waals surface area (Å²) in [5, 5.41) is 6.25. The van der Waals surface area contributed by atoms with Crippen LogP contribution in [0.5, 0.6) is 0 Å². The molecule has 1 rings (SSSR count). The minimum Gasteiger partial charge on any atom is -0.512 e. The first-order chi connectivity index (χ1) is 9.93. The Labute approximate surface area is 125 Å². The van der Waals surface area contributed by atoms with Crippen molar-refractivity contribution in [2.24, 2.45) is 0 Å². The van der Waals surface area contributed by atoms with Crippen LogP contribution in [0.4, 0.5) is 0 Å². The second-order valence-electron chi connectivity index (χ2n) is 5.30. The fourth-order valence-corrected chi connectivity index (χ4v) is 2.37. The summed E-state index contributed by atoms with van der Waals surface area (Å²) in [6.07, 6.45) is 18.5. The molecule has 2 heteroatoms. The van der Waals surface area contributed by atoms with E-state index in [4.69, 9.17) is 11.8 Å². The maximum absolute atomic E-state index is 6.25. The first kappa shape index (κ1) is 18.6. The molecule has 1 aromatic heterocycles. The molecule has 0 aromatic carbocycles. The van der Waals surface area contributed by atoms with Crippen molar-refractivity contribution in [2.45, 2.75) is 77.7 Å². The lowest BCUT2D eigenvalue weighted by Gasteiger charge is -2.01. The van der Waals surface area contributed by atoms with Crippen LogP contribution in [0.1, 0.15) is 71.1 Å². The van der Waals surface area contributed by atoms with Gasteiger partial charge in [0, 0.05) is 18.6 Å². The van der Waals surface area contributed by atoms with Gasteiger partial charge >= 0.3 is 0 Å². The Hall–Kier alpha value is -1.36. The molecule has 0 N–H and O–H groups in total. The lowest BCUT2D eigenvalue weighted by molar-refractivity contribution is -0.697. The minimum atomic E-state index is 1.18. The molecule has 0 aliphatic heterocycles. The minimum absolute atomic E-state index is 1.18. The van der Waals surface area contributed by atoms with Crippen LogP contribution in [0, 0.1) is 11.8 Å². The predicted molar refractivity (Wildman–Crippen MR) is 83.4 cm³/mol. The van der Waals surface area contributed by atoms with E-state index in [0.717, 1.165) is 0 Å². The fourth-order valence-electron chi connectivity index (χ4n) is 2.37. The second-order valence-corrected chi connectivity index (χ2v) is 5.30. The highest BCUT2D eigenvalue weighted by Crippen LogP contribution is 2.10. The van der Waals surface area contributed by atoms with E-state index in [0.29, 0.717) is 0 Å². The van der Waals surface area contributed by atoms with Crippen LogP contribution in [-0.2, 0) is 6.54 Å². The first-order valence-corrected chi connectivity index (χ1v) is 8.10. The molecule has 0 amide bonds. The molecule has 0 radical (unpaired) electrons. The Morgan fingerprint density at radius 2 is 1.15 bits per heavy atom. The zero-order valence-corrected chi connectivity index (χ0v) is 13.1. The van der Waals surface area contributed by atoms with Gasteiger partial charge in [0.1, 0.15) is 6.54 Å². The molecular weight excluding hydrogens is 244 g/mol. The summed E-state index contributed by atoms with van der Waals surface area (Å²) < 4.78 is 2.28. The van der Waals surface area contributed by atoms with Crippen molar-refractivity contribution in [1.82, 2.24) is 0 Å². The fraction of sp³-hybridized carbons (Fsp3) is 0.667. The topological polar surface area (TPSA) is 27.7 Å². The van der Waals surface area contributed by atoms with E-state index in [1.807, 2.05) is 0 Å². The van der Waals surface area contributed by atoms with E-state index in [2.05, 4.69) is 42.1 Å². The molecule has 0 aliphatic rings. The molecule has 0 bridgehead atoms. The SMILES string of the molecule is CCCCCCCCCCCC[n+]1ccccc1.[C-]#N. The van der Waals surface area contributed by atoms with E-state index in [1.54, 1.807) is 0 Å². The van der Waals surface area contributed by atoms with E-state index < -0.39 is 0 Å². The predicted octanol–water partition coefficient (Wildman–Crippen LogP) is 4.99. The first-order valence-electron chi connectivity index (χ1n) is 8.10. The van der Waals surface area contributed by atoms with Crippen LogP contribution in [0.15, 0.2) is 30.6 Å². The summed E-state index contributed by atoms with van der Waals surface area (Å²) in [4.78, 5) is 0. The van der Waals surface area contributed by atoms with E-state index in [-0.39, 0.29) is 0 Å². The van der Waals surface area contributed by atoms with Crippen LogP contribution in [0.2, 0.25) is 0 Å².